The summed E-state index contributed by atoms with van der Waals surface area (Å²) in [4.78, 5) is 15.6. The van der Waals surface area contributed by atoms with Crippen molar-refractivity contribution in [2.24, 2.45) is 5.92 Å². The normalized spacial score (nSPS) is 19.7. The Morgan fingerprint density at radius 1 is 1.36 bits per heavy atom. The number of hydrogen-bond donors (Lipinski definition) is 0. The molecule has 1 atom stereocenters. The van der Waals surface area contributed by atoms with Crippen LogP contribution >= 0.6 is 11.3 Å². The molecule has 134 valence electrons. The average Bonchev–Trinajstić information content (AvgIpc) is 3.12. The van der Waals surface area contributed by atoms with Crippen molar-refractivity contribution in [1.29, 1.82) is 0 Å². The summed E-state index contributed by atoms with van der Waals surface area (Å²) in [5.74, 6) is 1.44. The number of amides is 1. The first-order valence-corrected chi connectivity index (χ1v) is 9.74. The van der Waals surface area contributed by atoms with Gasteiger partial charge in [0, 0.05) is 19.3 Å². The molecule has 25 heavy (non-hydrogen) atoms. The molecule has 1 aliphatic heterocycles. The van der Waals surface area contributed by atoms with Crippen molar-refractivity contribution in [3.8, 4) is 5.75 Å². The van der Waals surface area contributed by atoms with Crippen molar-refractivity contribution in [3.05, 3.63) is 34.3 Å². The minimum atomic E-state index is 0.0260. The van der Waals surface area contributed by atoms with E-state index in [1.54, 1.807) is 6.20 Å². The molecule has 0 N–H and O–H groups in total. The van der Waals surface area contributed by atoms with Gasteiger partial charge < -0.3 is 14.4 Å². The predicted molar refractivity (Wildman–Crippen MR) is 95.0 cm³/mol. The molecule has 2 aliphatic rings. The highest BCUT2D eigenvalue weighted by molar-refractivity contribution is 7.12. The topological polar surface area (TPSA) is 56.6 Å². The number of thiophene rings is 1. The van der Waals surface area contributed by atoms with E-state index < -0.39 is 0 Å². The van der Waals surface area contributed by atoms with Crippen LogP contribution in [0.3, 0.4) is 0 Å². The largest absolute Gasteiger partial charge is 0.492 e. The Balaban J connectivity index is 1.48. The Morgan fingerprint density at radius 2 is 2.24 bits per heavy atom. The zero-order valence-corrected chi connectivity index (χ0v) is 15.2. The zero-order chi connectivity index (χ0) is 17.2. The van der Waals surface area contributed by atoms with Crippen LogP contribution in [-0.4, -0.2) is 47.0 Å². The lowest BCUT2D eigenvalue weighted by atomic mass is 10.2. The number of carbonyl (C=O) groups excluding carboxylic acids is 1. The fourth-order valence-electron chi connectivity index (χ4n) is 3.19. The van der Waals surface area contributed by atoms with Crippen molar-refractivity contribution in [1.82, 2.24) is 14.7 Å². The molecule has 1 saturated carbocycles. The number of fused-ring (bicyclic) bond motifs is 1. The summed E-state index contributed by atoms with van der Waals surface area (Å²) in [6.45, 7) is 5.08. The number of rotatable bonds is 7. The van der Waals surface area contributed by atoms with Crippen LogP contribution in [0.15, 0.2) is 23.7 Å². The second kappa shape index (κ2) is 7.17. The van der Waals surface area contributed by atoms with Crippen LogP contribution in [0, 0.1) is 5.92 Å². The van der Waals surface area contributed by atoms with E-state index >= 15 is 0 Å². The van der Waals surface area contributed by atoms with Gasteiger partial charge in [-0.05, 0) is 43.2 Å². The number of ether oxygens (including phenoxy) is 2. The standard InChI is InChI=1S/C18H23N3O3S/c1-2-24-16-6-8-25-17(16)18(22)20-9-14-5-7-19-21(14)15(10-20)12-23-11-13-3-4-13/h5-8,13,15H,2-4,9-12H2,1H3/t15-/m1/s1. The Hall–Kier alpha value is -1.86. The third-order valence-electron chi connectivity index (χ3n) is 4.65. The molecule has 0 unspecified atom stereocenters. The summed E-state index contributed by atoms with van der Waals surface area (Å²) in [7, 11) is 0. The molecule has 0 radical (unpaired) electrons. The van der Waals surface area contributed by atoms with Gasteiger partial charge >= 0.3 is 0 Å². The molecular weight excluding hydrogens is 338 g/mol. The average molecular weight is 361 g/mol. The molecule has 6 nitrogen and oxygen atoms in total. The lowest BCUT2D eigenvalue weighted by Gasteiger charge is -2.33. The molecule has 4 rings (SSSR count). The lowest BCUT2D eigenvalue weighted by molar-refractivity contribution is 0.0468. The number of nitrogens with zero attached hydrogens (tertiary/aromatic N) is 3. The predicted octanol–water partition coefficient (Wildman–Crippen LogP) is 2.97. The maximum absolute atomic E-state index is 13.0. The highest BCUT2D eigenvalue weighted by Crippen LogP contribution is 2.31. The lowest BCUT2D eigenvalue weighted by Crippen LogP contribution is -2.42. The highest BCUT2D eigenvalue weighted by Gasteiger charge is 2.31. The van der Waals surface area contributed by atoms with Gasteiger partial charge in [0.25, 0.3) is 5.91 Å². The monoisotopic (exact) mass is 361 g/mol. The first-order chi connectivity index (χ1) is 12.3. The van der Waals surface area contributed by atoms with E-state index in [2.05, 4.69) is 5.10 Å². The first-order valence-electron chi connectivity index (χ1n) is 8.86. The Kier molecular flexibility index (Phi) is 4.76. The third kappa shape index (κ3) is 3.57. The fraction of sp³-hybridized carbons (Fsp3) is 0.556. The van der Waals surface area contributed by atoms with Gasteiger partial charge in [-0.25, -0.2) is 0 Å². The second-order valence-corrected chi connectivity index (χ2v) is 7.55. The molecule has 1 fully saturated rings. The van der Waals surface area contributed by atoms with Crippen LogP contribution in [0.5, 0.6) is 5.75 Å². The third-order valence-corrected chi connectivity index (χ3v) is 5.54. The van der Waals surface area contributed by atoms with E-state index in [1.165, 1.54) is 24.2 Å². The summed E-state index contributed by atoms with van der Waals surface area (Å²) in [5.41, 5.74) is 1.05. The van der Waals surface area contributed by atoms with Gasteiger partial charge in [-0.1, -0.05) is 0 Å². The molecule has 3 heterocycles. The molecule has 1 aliphatic carbocycles. The smallest absolute Gasteiger partial charge is 0.268 e. The molecule has 0 bridgehead atoms. The minimum Gasteiger partial charge on any atom is -0.492 e. The van der Waals surface area contributed by atoms with E-state index in [0.717, 1.165) is 18.2 Å². The zero-order valence-electron chi connectivity index (χ0n) is 14.4. The fourth-order valence-corrected chi connectivity index (χ4v) is 3.99. The van der Waals surface area contributed by atoms with Crippen molar-refractivity contribution in [2.75, 3.05) is 26.4 Å². The van der Waals surface area contributed by atoms with Crippen LogP contribution < -0.4 is 4.74 Å². The maximum Gasteiger partial charge on any atom is 0.268 e. The molecule has 0 aromatic carbocycles. The molecular formula is C18H23N3O3S. The molecule has 2 aromatic rings. The van der Waals surface area contributed by atoms with Crippen LogP contribution in [-0.2, 0) is 11.3 Å². The summed E-state index contributed by atoms with van der Waals surface area (Å²) in [6, 6.07) is 3.91. The number of carbonyl (C=O) groups is 1. The van der Waals surface area contributed by atoms with Gasteiger partial charge in [0.2, 0.25) is 0 Å². The maximum atomic E-state index is 13.0. The van der Waals surface area contributed by atoms with Crippen molar-refractivity contribution in [3.63, 3.8) is 0 Å². The molecule has 7 heteroatoms. The van der Waals surface area contributed by atoms with E-state index in [4.69, 9.17) is 9.47 Å². The summed E-state index contributed by atoms with van der Waals surface area (Å²) in [5, 5.41) is 6.34. The Labute approximate surface area is 151 Å². The van der Waals surface area contributed by atoms with Gasteiger partial charge in [0.05, 0.1) is 31.5 Å². The quantitative estimate of drug-likeness (QED) is 0.761. The van der Waals surface area contributed by atoms with Gasteiger partial charge in [-0.2, -0.15) is 5.10 Å². The van der Waals surface area contributed by atoms with Crippen LogP contribution in [0.25, 0.3) is 0 Å². The molecule has 0 saturated heterocycles. The van der Waals surface area contributed by atoms with Crippen LogP contribution in [0.1, 0.15) is 41.2 Å². The van der Waals surface area contributed by atoms with Crippen LogP contribution in [0.4, 0.5) is 0 Å². The van der Waals surface area contributed by atoms with E-state index in [1.807, 2.05) is 34.0 Å². The molecule has 0 spiro atoms. The van der Waals surface area contributed by atoms with Crippen LogP contribution in [0.2, 0.25) is 0 Å². The van der Waals surface area contributed by atoms with Crippen molar-refractivity contribution in [2.45, 2.75) is 32.4 Å². The van der Waals surface area contributed by atoms with Gasteiger partial charge in [0.15, 0.2) is 0 Å². The summed E-state index contributed by atoms with van der Waals surface area (Å²) >= 11 is 1.44. The Morgan fingerprint density at radius 3 is 3.04 bits per heavy atom. The first kappa shape index (κ1) is 16.6. The number of hydrogen-bond acceptors (Lipinski definition) is 5. The Bertz CT molecular complexity index is 738. The van der Waals surface area contributed by atoms with Gasteiger partial charge in [0.1, 0.15) is 10.6 Å². The van der Waals surface area contributed by atoms with E-state index in [-0.39, 0.29) is 11.9 Å². The number of aromatic nitrogens is 2. The summed E-state index contributed by atoms with van der Waals surface area (Å²) < 4.78 is 13.5. The van der Waals surface area contributed by atoms with Gasteiger partial charge in [-0.3, -0.25) is 9.48 Å². The molecule has 2 aromatic heterocycles. The second-order valence-electron chi connectivity index (χ2n) is 6.63. The minimum absolute atomic E-state index is 0.0260. The van der Waals surface area contributed by atoms with Crippen molar-refractivity contribution < 1.29 is 14.3 Å². The SMILES string of the molecule is CCOc1ccsc1C(=O)N1Cc2ccnn2[C@@H](COCC2CC2)C1. The highest BCUT2D eigenvalue weighted by atomic mass is 32.1. The van der Waals surface area contributed by atoms with Gasteiger partial charge in [-0.15, -0.1) is 11.3 Å². The molecule has 1 amide bonds. The van der Waals surface area contributed by atoms with E-state index in [9.17, 15) is 4.79 Å². The summed E-state index contributed by atoms with van der Waals surface area (Å²) in [6.07, 6.45) is 4.36. The van der Waals surface area contributed by atoms with E-state index in [0.29, 0.717) is 36.9 Å². The van der Waals surface area contributed by atoms with Crippen molar-refractivity contribution >= 4 is 17.2 Å².